The minimum Gasteiger partial charge on any atom is -0.393 e. The van der Waals surface area contributed by atoms with E-state index in [1.807, 2.05) is 0 Å². The normalized spacial score (nSPS) is 13.7. The maximum absolute atomic E-state index is 11.7. The number of nitrogens with zero attached hydrogens (tertiary/aromatic N) is 1. The van der Waals surface area contributed by atoms with E-state index in [4.69, 9.17) is 16.7 Å². The third kappa shape index (κ3) is 4.05. The Kier molecular flexibility index (Phi) is 4.67. The highest BCUT2D eigenvalue weighted by Gasteiger charge is 2.14. The average Bonchev–Trinajstić information content (AvgIpc) is 2.16. The van der Waals surface area contributed by atoms with Crippen molar-refractivity contribution in [1.29, 1.82) is 0 Å². The van der Waals surface area contributed by atoms with Gasteiger partial charge in [0.25, 0.3) is 0 Å². The van der Waals surface area contributed by atoms with E-state index in [2.05, 4.69) is 9.71 Å². The van der Waals surface area contributed by atoms with E-state index in [0.29, 0.717) is 6.42 Å². The number of aliphatic hydroxyl groups excluding tert-OH is 1. The van der Waals surface area contributed by atoms with Crippen LogP contribution >= 0.6 is 11.6 Å². The van der Waals surface area contributed by atoms with E-state index in [0.717, 1.165) is 0 Å². The van der Waals surface area contributed by atoms with Crippen LogP contribution in [-0.4, -0.2) is 31.2 Å². The molecule has 0 amide bonds. The standard InChI is InChI=1S/C9H13ClN2O3S/c1-7(13)2-5-12-16(14,15)8-3-4-11-9(10)6-8/h3-4,6-7,12-13H,2,5H2,1H3. The molecule has 0 saturated heterocycles. The molecule has 1 aromatic heterocycles. The third-order valence-corrected chi connectivity index (χ3v) is 3.53. The summed E-state index contributed by atoms with van der Waals surface area (Å²) in [5.41, 5.74) is 0. The van der Waals surface area contributed by atoms with Crippen molar-refractivity contribution in [1.82, 2.24) is 9.71 Å². The first-order chi connectivity index (χ1) is 7.42. The number of rotatable bonds is 5. The van der Waals surface area contributed by atoms with E-state index in [1.54, 1.807) is 6.92 Å². The van der Waals surface area contributed by atoms with Crippen molar-refractivity contribution in [3.05, 3.63) is 23.5 Å². The SMILES string of the molecule is CC(O)CCNS(=O)(=O)c1ccnc(Cl)c1. The van der Waals surface area contributed by atoms with E-state index in [9.17, 15) is 8.42 Å². The van der Waals surface area contributed by atoms with Crippen molar-refractivity contribution >= 4 is 21.6 Å². The molecule has 90 valence electrons. The summed E-state index contributed by atoms with van der Waals surface area (Å²) in [5, 5.41) is 9.12. The lowest BCUT2D eigenvalue weighted by Crippen LogP contribution is -2.26. The Morgan fingerprint density at radius 1 is 1.62 bits per heavy atom. The fourth-order valence-corrected chi connectivity index (χ4v) is 2.34. The van der Waals surface area contributed by atoms with Gasteiger partial charge in [0.05, 0.1) is 11.0 Å². The predicted molar refractivity (Wildman–Crippen MR) is 60.7 cm³/mol. The molecule has 0 fully saturated rings. The minimum absolute atomic E-state index is 0.0677. The molecule has 1 unspecified atom stereocenters. The topological polar surface area (TPSA) is 79.3 Å². The van der Waals surface area contributed by atoms with Crippen LogP contribution in [0.25, 0.3) is 0 Å². The highest BCUT2D eigenvalue weighted by atomic mass is 35.5. The molecule has 1 rings (SSSR count). The molecule has 16 heavy (non-hydrogen) atoms. The predicted octanol–water partition coefficient (Wildman–Crippen LogP) is 0.784. The van der Waals surface area contributed by atoms with Crippen molar-refractivity contribution in [2.24, 2.45) is 0 Å². The number of sulfonamides is 1. The van der Waals surface area contributed by atoms with Crippen molar-refractivity contribution in [2.75, 3.05) is 6.54 Å². The first kappa shape index (κ1) is 13.4. The van der Waals surface area contributed by atoms with Crippen LogP contribution in [-0.2, 0) is 10.0 Å². The van der Waals surface area contributed by atoms with Gasteiger partial charge >= 0.3 is 0 Å². The van der Waals surface area contributed by atoms with Crippen LogP contribution in [0.5, 0.6) is 0 Å². The number of hydrogen-bond acceptors (Lipinski definition) is 4. The first-order valence-corrected chi connectivity index (χ1v) is 6.57. The summed E-state index contributed by atoms with van der Waals surface area (Å²) in [7, 11) is -3.56. The summed E-state index contributed by atoms with van der Waals surface area (Å²) in [6, 6.07) is 2.63. The molecule has 0 spiro atoms. The van der Waals surface area contributed by atoms with E-state index in [-0.39, 0.29) is 16.6 Å². The van der Waals surface area contributed by atoms with Gasteiger partial charge < -0.3 is 5.11 Å². The summed E-state index contributed by atoms with van der Waals surface area (Å²) in [6.07, 6.45) is 1.15. The first-order valence-electron chi connectivity index (χ1n) is 4.71. The molecule has 0 bridgehead atoms. The quantitative estimate of drug-likeness (QED) is 0.771. The smallest absolute Gasteiger partial charge is 0.240 e. The van der Waals surface area contributed by atoms with Gasteiger partial charge in [-0.3, -0.25) is 0 Å². The van der Waals surface area contributed by atoms with Crippen LogP contribution in [0.4, 0.5) is 0 Å². The molecule has 0 aliphatic carbocycles. The van der Waals surface area contributed by atoms with Crippen molar-refractivity contribution in [3.8, 4) is 0 Å². The second-order valence-corrected chi connectivity index (χ2v) is 5.50. The molecule has 0 radical (unpaired) electrons. The number of aromatic nitrogens is 1. The van der Waals surface area contributed by atoms with Crippen LogP contribution in [0.3, 0.4) is 0 Å². The molecule has 0 aromatic carbocycles. The highest BCUT2D eigenvalue weighted by Crippen LogP contribution is 2.12. The Bertz CT molecular complexity index is 448. The van der Waals surface area contributed by atoms with Gasteiger partial charge in [-0.25, -0.2) is 18.1 Å². The van der Waals surface area contributed by atoms with Gasteiger partial charge in [0.2, 0.25) is 10.0 Å². The lowest BCUT2D eigenvalue weighted by molar-refractivity contribution is 0.186. The van der Waals surface area contributed by atoms with E-state index >= 15 is 0 Å². The summed E-state index contributed by atoms with van der Waals surface area (Å²) >= 11 is 5.59. The number of halogens is 1. The fourth-order valence-electron chi connectivity index (χ4n) is 1.04. The van der Waals surface area contributed by atoms with Crippen molar-refractivity contribution < 1.29 is 13.5 Å². The van der Waals surface area contributed by atoms with Crippen molar-refractivity contribution in [2.45, 2.75) is 24.3 Å². The van der Waals surface area contributed by atoms with Crippen LogP contribution in [0.1, 0.15) is 13.3 Å². The van der Waals surface area contributed by atoms with Gasteiger partial charge in [0, 0.05) is 12.7 Å². The van der Waals surface area contributed by atoms with Gasteiger partial charge in [-0.2, -0.15) is 0 Å². The molecular formula is C9H13ClN2O3S. The maximum Gasteiger partial charge on any atom is 0.240 e. The van der Waals surface area contributed by atoms with E-state index < -0.39 is 16.1 Å². The van der Waals surface area contributed by atoms with Crippen LogP contribution in [0.15, 0.2) is 23.2 Å². The Morgan fingerprint density at radius 3 is 2.88 bits per heavy atom. The molecule has 1 heterocycles. The molecule has 0 aliphatic heterocycles. The zero-order valence-electron chi connectivity index (χ0n) is 8.72. The van der Waals surface area contributed by atoms with E-state index in [1.165, 1.54) is 18.3 Å². The molecule has 1 aromatic rings. The maximum atomic E-state index is 11.7. The second kappa shape index (κ2) is 5.58. The Balaban J connectivity index is 2.71. The van der Waals surface area contributed by atoms with Gasteiger partial charge in [-0.1, -0.05) is 11.6 Å². The van der Waals surface area contributed by atoms with Crippen LogP contribution < -0.4 is 4.72 Å². The lowest BCUT2D eigenvalue weighted by Gasteiger charge is -2.07. The Hall–Kier alpha value is -0.690. The molecule has 7 heteroatoms. The molecule has 0 saturated carbocycles. The number of nitrogens with one attached hydrogen (secondary N) is 1. The average molecular weight is 265 g/mol. The largest absolute Gasteiger partial charge is 0.393 e. The summed E-state index contributed by atoms with van der Waals surface area (Å²) in [5.74, 6) is 0. The van der Waals surface area contributed by atoms with Crippen LogP contribution in [0, 0.1) is 0 Å². The number of aliphatic hydroxyl groups is 1. The zero-order chi connectivity index (χ0) is 12.2. The Labute approximate surface area is 99.5 Å². The molecular weight excluding hydrogens is 252 g/mol. The Morgan fingerprint density at radius 2 is 2.31 bits per heavy atom. The monoisotopic (exact) mass is 264 g/mol. The summed E-state index contributed by atoms with van der Waals surface area (Å²) < 4.78 is 25.7. The van der Waals surface area contributed by atoms with Gasteiger partial charge in [0.1, 0.15) is 5.15 Å². The third-order valence-electron chi connectivity index (χ3n) is 1.86. The zero-order valence-corrected chi connectivity index (χ0v) is 10.3. The second-order valence-electron chi connectivity index (χ2n) is 3.35. The molecule has 1 atom stereocenters. The van der Waals surface area contributed by atoms with Gasteiger partial charge in [0.15, 0.2) is 0 Å². The molecule has 2 N–H and O–H groups in total. The van der Waals surface area contributed by atoms with Gasteiger partial charge in [-0.05, 0) is 25.5 Å². The highest BCUT2D eigenvalue weighted by molar-refractivity contribution is 7.89. The summed E-state index contributed by atoms with van der Waals surface area (Å²) in [4.78, 5) is 3.76. The molecule has 0 aliphatic rings. The lowest BCUT2D eigenvalue weighted by atomic mass is 10.3. The summed E-state index contributed by atoms with van der Waals surface area (Å²) in [6.45, 7) is 1.78. The number of hydrogen-bond donors (Lipinski definition) is 2. The molecule has 5 nitrogen and oxygen atoms in total. The van der Waals surface area contributed by atoms with Crippen molar-refractivity contribution in [3.63, 3.8) is 0 Å². The number of pyridine rings is 1. The minimum atomic E-state index is -3.56. The fraction of sp³-hybridized carbons (Fsp3) is 0.444. The van der Waals surface area contributed by atoms with Gasteiger partial charge in [-0.15, -0.1) is 0 Å². The van der Waals surface area contributed by atoms with Crippen LogP contribution in [0.2, 0.25) is 5.15 Å².